The average molecular weight is 428 g/mol. The Morgan fingerprint density at radius 2 is 1.72 bits per heavy atom. The number of phenols is 1. The highest BCUT2D eigenvalue weighted by Crippen LogP contribution is 2.22. The van der Waals surface area contributed by atoms with E-state index in [4.69, 9.17) is 11.6 Å². The fraction of sp³-hybridized carbons (Fsp3) is 0.0952. The molecule has 6 nitrogen and oxygen atoms in total. The predicted molar refractivity (Wildman–Crippen MR) is 116 cm³/mol. The molecule has 3 N–H and O–H groups in total. The van der Waals surface area contributed by atoms with Crippen molar-refractivity contribution >= 4 is 46.2 Å². The number of nitrogens with one attached hydrogen (secondary N) is 2. The van der Waals surface area contributed by atoms with Crippen LogP contribution in [0.3, 0.4) is 0 Å². The van der Waals surface area contributed by atoms with Crippen molar-refractivity contribution in [1.82, 2.24) is 5.43 Å². The Morgan fingerprint density at radius 1 is 1.03 bits per heavy atom. The molecular weight excluding hydrogens is 410 g/mol. The topological polar surface area (TPSA) is 90.8 Å². The summed E-state index contributed by atoms with van der Waals surface area (Å²) in [4.78, 5) is 24.7. The number of phenolic OH excluding ortho intramolecular Hbond substituents is 1. The highest BCUT2D eigenvalue weighted by molar-refractivity contribution is 7.18. The summed E-state index contributed by atoms with van der Waals surface area (Å²) in [5, 5.41) is 16.2. The van der Waals surface area contributed by atoms with Gasteiger partial charge in [-0.1, -0.05) is 35.9 Å². The molecule has 1 heterocycles. The smallest absolute Gasteiger partial charge is 0.265 e. The number of carbonyl (C=O) groups is 2. The van der Waals surface area contributed by atoms with Crippen LogP contribution in [0.5, 0.6) is 5.75 Å². The van der Waals surface area contributed by atoms with E-state index in [0.29, 0.717) is 20.6 Å². The largest absolute Gasteiger partial charge is 0.508 e. The fourth-order valence-corrected chi connectivity index (χ4v) is 3.41. The van der Waals surface area contributed by atoms with Crippen molar-refractivity contribution in [3.63, 3.8) is 0 Å². The maximum absolute atomic E-state index is 12.1. The zero-order valence-electron chi connectivity index (χ0n) is 15.5. The first kappa shape index (κ1) is 20.6. The molecule has 3 rings (SSSR count). The Labute approximate surface area is 176 Å². The molecule has 0 bridgehead atoms. The van der Waals surface area contributed by atoms with E-state index in [1.165, 1.54) is 23.5 Å². The number of hydrazone groups is 1. The summed E-state index contributed by atoms with van der Waals surface area (Å²) in [7, 11) is 0. The minimum atomic E-state index is -0.256. The molecule has 0 radical (unpaired) electrons. The maximum Gasteiger partial charge on any atom is 0.265 e. The molecule has 148 valence electrons. The molecule has 0 aliphatic rings. The zero-order chi connectivity index (χ0) is 20.8. The van der Waals surface area contributed by atoms with Gasteiger partial charge in [-0.05, 0) is 54.4 Å². The first-order chi connectivity index (χ1) is 13.9. The molecule has 0 saturated carbocycles. The number of benzene rings is 2. The molecule has 0 fully saturated rings. The maximum atomic E-state index is 12.1. The summed E-state index contributed by atoms with van der Waals surface area (Å²) < 4.78 is 0.560. The van der Waals surface area contributed by atoms with Gasteiger partial charge < -0.3 is 10.4 Å². The van der Waals surface area contributed by atoms with Gasteiger partial charge >= 0.3 is 0 Å². The number of hydrogen-bond acceptors (Lipinski definition) is 5. The van der Waals surface area contributed by atoms with Gasteiger partial charge in [0, 0.05) is 5.69 Å². The highest BCUT2D eigenvalue weighted by Gasteiger charge is 2.09. The van der Waals surface area contributed by atoms with Crippen LogP contribution in [-0.2, 0) is 11.2 Å². The Morgan fingerprint density at radius 3 is 2.34 bits per heavy atom. The van der Waals surface area contributed by atoms with E-state index in [0.717, 1.165) is 11.1 Å². The number of rotatable bonds is 6. The lowest BCUT2D eigenvalue weighted by Gasteiger charge is -2.06. The molecule has 8 heteroatoms. The third kappa shape index (κ3) is 5.91. The predicted octanol–water partition coefficient (Wildman–Crippen LogP) is 4.44. The number of amides is 2. The lowest BCUT2D eigenvalue weighted by atomic mass is 10.1. The van der Waals surface area contributed by atoms with Crippen molar-refractivity contribution in [2.24, 2.45) is 5.10 Å². The number of carbonyl (C=O) groups excluding carboxylic acids is 2. The second kappa shape index (κ2) is 9.36. The first-order valence-electron chi connectivity index (χ1n) is 8.69. The van der Waals surface area contributed by atoms with Crippen molar-refractivity contribution in [3.05, 3.63) is 81.0 Å². The van der Waals surface area contributed by atoms with Crippen LogP contribution >= 0.6 is 22.9 Å². The van der Waals surface area contributed by atoms with E-state index < -0.39 is 0 Å². The minimum Gasteiger partial charge on any atom is -0.508 e. The molecule has 0 saturated heterocycles. The fourth-order valence-electron chi connectivity index (χ4n) is 2.47. The normalized spacial score (nSPS) is 11.2. The molecule has 0 atom stereocenters. The first-order valence-corrected chi connectivity index (χ1v) is 9.88. The molecule has 3 aromatic rings. The Kier molecular flexibility index (Phi) is 6.64. The summed E-state index contributed by atoms with van der Waals surface area (Å²) in [6, 6.07) is 16.9. The summed E-state index contributed by atoms with van der Waals surface area (Å²) in [5.74, 6) is -0.322. The number of aromatic hydroxyl groups is 1. The van der Waals surface area contributed by atoms with Gasteiger partial charge in [-0.3, -0.25) is 9.59 Å². The van der Waals surface area contributed by atoms with Crippen LogP contribution in [0.15, 0.2) is 65.8 Å². The van der Waals surface area contributed by atoms with E-state index in [1.54, 1.807) is 43.3 Å². The summed E-state index contributed by atoms with van der Waals surface area (Å²) >= 11 is 7.07. The van der Waals surface area contributed by atoms with Gasteiger partial charge in [0.25, 0.3) is 5.91 Å². The second-order valence-corrected chi connectivity index (χ2v) is 7.93. The Hall–Kier alpha value is -3.16. The molecular formula is C21H18ClN3O3S. The molecule has 1 aromatic heterocycles. The molecule has 0 spiro atoms. The van der Waals surface area contributed by atoms with Crippen molar-refractivity contribution in [2.45, 2.75) is 13.3 Å². The number of anilines is 1. The molecule has 2 aromatic carbocycles. The van der Waals surface area contributed by atoms with E-state index in [2.05, 4.69) is 15.8 Å². The van der Waals surface area contributed by atoms with E-state index in [9.17, 15) is 14.7 Å². The average Bonchev–Trinajstić information content (AvgIpc) is 3.15. The van der Waals surface area contributed by atoms with Crippen molar-refractivity contribution in [3.8, 4) is 5.75 Å². The van der Waals surface area contributed by atoms with Gasteiger partial charge in [0.15, 0.2) is 0 Å². The van der Waals surface area contributed by atoms with Crippen LogP contribution in [-0.4, -0.2) is 22.6 Å². The van der Waals surface area contributed by atoms with Crippen molar-refractivity contribution < 1.29 is 14.7 Å². The van der Waals surface area contributed by atoms with Crippen LogP contribution in [0.4, 0.5) is 5.69 Å². The highest BCUT2D eigenvalue weighted by atomic mass is 35.5. The van der Waals surface area contributed by atoms with Gasteiger partial charge in [0.2, 0.25) is 5.91 Å². The zero-order valence-corrected chi connectivity index (χ0v) is 17.1. The quantitative estimate of drug-likeness (QED) is 0.401. The molecule has 2 amide bonds. The standard InChI is InChI=1S/C21H18ClN3O3S/c1-13(24-25-20(27)12-14-2-8-17(26)9-3-14)15-4-6-16(7-5-15)23-21(28)18-10-11-19(22)29-18/h2-11,26H,12H2,1H3,(H,23,28)(H,25,27)/b24-13-. The van der Waals surface area contributed by atoms with E-state index >= 15 is 0 Å². The van der Waals surface area contributed by atoms with E-state index in [-0.39, 0.29) is 24.0 Å². The lowest BCUT2D eigenvalue weighted by molar-refractivity contribution is -0.120. The Balaban J connectivity index is 1.56. The SMILES string of the molecule is C/C(=N/NC(=O)Cc1ccc(O)cc1)c1ccc(NC(=O)c2ccc(Cl)s2)cc1. The second-order valence-electron chi connectivity index (χ2n) is 6.21. The molecule has 0 unspecified atom stereocenters. The molecule has 0 aliphatic heterocycles. The van der Waals surface area contributed by atoms with Gasteiger partial charge in [-0.25, -0.2) is 5.43 Å². The Bertz CT molecular complexity index is 1040. The summed E-state index contributed by atoms with van der Waals surface area (Å²) in [5.41, 5.74) is 5.39. The summed E-state index contributed by atoms with van der Waals surface area (Å²) in [6.07, 6.45) is 0.161. The van der Waals surface area contributed by atoms with Gasteiger partial charge in [0.1, 0.15) is 5.75 Å². The summed E-state index contributed by atoms with van der Waals surface area (Å²) in [6.45, 7) is 1.78. The lowest BCUT2D eigenvalue weighted by Crippen LogP contribution is -2.21. The molecule has 0 aliphatic carbocycles. The van der Waals surface area contributed by atoms with Crippen LogP contribution in [0.1, 0.15) is 27.7 Å². The monoisotopic (exact) mass is 427 g/mol. The van der Waals surface area contributed by atoms with Crippen molar-refractivity contribution in [1.29, 1.82) is 0 Å². The van der Waals surface area contributed by atoms with Crippen LogP contribution in [0, 0.1) is 0 Å². The number of halogens is 1. The van der Waals surface area contributed by atoms with Gasteiger partial charge in [-0.2, -0.15) is 5.10 Å². The number of hydrogen-bond donors (Lipinski definition) is 3. The van der Waals surface area contributed by atoms with Crippen molar-refractivity contribution in [2.75, 3.05) is 5.32 Å². The van der Waals surface area contributed by atoms with E-state index in [1.807, 2.05) is 12.1 Å². The third-order valence-electron chi connectivity index (χ3n) is 4.01. The molecule has 29 heavy (non-hydrogen) atoms. The number of nitrogens with zero attached hydrogens (tertiary/aromatic N) is 1. The van der Waals surface area contributed by atoms with Crippen LogP contribution in [0.25, 0.3) is 0 Å². The van der Waals surface area contributed by atoms with Gasteiger partial charge in [0.05, 0.1) is 21.3 Å². The van der Waals surface area contributed by atoms with Gasteiger partial charge in [-0.15, -0.1) is 11.3 Å². The number of thiophene rings is 1. The minimum absolute atomic E-state index is 0.154. The van der Waals surface area contributed by atoms with Crippen LogP contribution < -0.4 is 10.7 Å². The van der Waals surface area contributed by atoms with Crippen LogP contribution in [0.2, 0.25) is 4.34 Å². The third-order valence-corrected chi connectivity index (χ3v) is 5.24.